The lowest BCUT2D eigenvalue weighted by molar-refractivity contribution is 0.0208. The van der Waals surface area contributed by atoms with Crippen LogP contribution in [0.1, 0.15) is 63.5 Å². The van der Waals surface area contributed by atoms with Crippen LogP contribution in [-0.4, -0.2) is 67.6 Å². The molecule has 0 amide bonds. The van der Waals surface area contributed by atoms with Gasteiger partial charge >= 0.3 is 0 Å². The minimum absolute atomic E-state index is 0. The Kier molecular flexibility index (Phi) is 9.75. The van der Waals surface area contributed by atoms with E-state index in [1.54, 1.807) is 0 Å². The third-order valence-electron chi connectivity index (χ3n) is 6.36. The second-order valence-electron chi connectivity index (χ2n) is 8.58. The summed E-state index contributed by atoms with van der Waals surface area (Å²) in [6, 6.07) is 4.15. The number of aryl methyl sites for hydroxylation is 1. The van der Waals surface area contributed by atoms with Gasteiger partial charge in [0.15, 0.2) is 5.96 Å². The molecule has 0 aromatic carbocycles. The van der Waals surface area contributed by atoms with Gasteiger partial charge in [-0.1, -0.05) is 6.42 Å². The normalized spacial score (nSPS) is 22.0. The maximum Gasteiger partial charge on any atom is 0.191 e. The quantitative estimate of drug-likeness (QED) is 0.342. The van der Waals surface area contributed by atoms with E-state index in [4.69, 9.17) is 9.41 Å². The van der Waals surface area contributed by atoms with E-state index < -0.39 is 0 Å². The lowest BCUT2D eigenvalue weighted by Gasteiger charge is -2.49. The summed E-state index contributed by atoms with van der Waals surface area (Å²) in [4.78, 5) is 10.3. The zero-order chi connectivity index (χ0) is 20.0. The van der Waals surface area contributed by atoms with E-state index in [-0.39, 0.29) is 35.6 Å². The molecule has 2 fully saturated rings. The van der Waals surface area contributed by atoms with E-state index in [1.165, 1.54) is 45.2 Å². The Hall–Kier alpha value is -0.800. The summed E-state index contributed by atoms with van der Waals surface area (Å²) >= 11 is 0. The molecule has 0 spiro atoms. The summed E-state index contributed by atoms with van der Waals surface area (Å²) < 4.78 is 5.79. The highest BCUT2D eigenvalue weighted by atomic mass is 127. The summed E-state index contributed by atoms with van der Waals surface area (Å²) in [5.74, 6) is 2.79. The molecule has 1 aromatic rings. The van der Waals surface area contributed by atoms with Crippen molar-refractivity contribution in [2.24, 2.45) is 4.99 Å². The molecular weight excluding hydrogens is 477 g/mol. The fourth-order valence-corrected chi connectivity index (χ4v) is 4.49. The van der Waals surface area contributed by atoms with E-state index in [2.05, 4.69) is 41.3 Å². The van der Waals surface area contributed by atoms with Crippen LogP contribution in [0.4, 0.5) is 0 Å². The number of nitrogens with one attached hydrogen (secondary N) is 2. The van der Waals surface area contributed by atoms with Crippen LogP contribution in [0.2, 0.25) is 0 Å². The fourth-order valence-electron chi connectivity index (χ4n) is 4.49. The number of furan rings is 1. The third kappa shape index (κ3) is 6.59. The number of guanidine groups is 1. The molecule has 7 heteroatoms. The van der Waals surface area contributed by atoms with Crippen LogP contribution in [0.15, 0.2) is 21.5 Å². The van der Waals surface area contributed by atoms with Crippen LogP contribution in [-0.2, 0) is 0 Å². The smallest absolute Gasteiger partial charge is 0.191 e. The van der Waals surface area contributed by atoms with Crippen LogP contribution in [0.25, 0.3) is 0 Å². The molecule has 0 bridgehead atoms. The molecule has 2 saturated heterocycles. The van der Waals surface area contributed by atoms with Gasteiger partial charge in [-0.2, -0.15) is 0 Å². The van der Waals surface area contributed by atoms with Crippen LogP contribution in [0.3, 0.4) is 0 Å². The Balaban J connectivity index is 0.00000300. The van der Waals surface area contributed by atoms with Gasteiger partial charge in [-0.3, -0.25) is 9.89 Å². The van der Waals surface area contributed by atoms with Crippen LogP contribution in [0.5, 0.6) is 0 Å². The van der Waals surface area contributed by atoms with Crippen molar-refractivity contribution >= 4 is 29.9 Å². The maximum atomic E-state index is 5.79. The van der Waals surface area contributed by atoms with Crippen molar-refractivity contribution in [2.45, 2.75) is 64.5 Å². The summed E-state index contributed by atoms with van der Waals surface area (Å²) in [6.45, 7) is 12.7. The highest BCUT2D eigenvalue weighted by Gasteiger charge is 2.39. The molecule has 1 unspecified atom stereocenters. The number of hydrogen-bond acceptors (Lipinski definition) is 4. The van der Waals surface area contributed by atoms with E-state index in [1.807, 2.05) is 19.1 Å². The van der Waals surface area contributed by atoms with E-state index in [9.17, 15) is 0 Å². The van der Waals surface area contributed by atoms with Gasteiger partial charge < -0.3 is 20.0 Å². The molecular formula is C22H40IN5O. The topological polar surface area (TPSA) is 56.0 Å². The molecule has 1 atom stereocenters. The van der Waals surface area contributed by atoms with Gasteiger partial charge in [0.2, 0.25) is 0 Å². The van der Waals surface area contributed by atoms with E-state index in [0.29, 0.717) is 0 Å². The minimum Gasteiger partial charge on any atom is -0.464 e. The Bertz CT molecular complexity index is 633. The zero-order valence-corrected chi connectivity index (χ0v) is 21.0. The number of nitrogens with zero attached hydrogens (tertiary/aromatic N) is 3. The molecule has 2 aliphatic heterocycles. The number of likely N-dealkylation sites (tertiary alicyclic amines) is 2. The highest BCUT2D eigenvalue weighted by molar-refractivity contribution is 14.0. The van der Waals surface area contributed by atoms with Crippen molar-refractivity contribution in [3.8, 4) is 0 Å². The average molecular weight is 518 g/mol. The second kappa shape index (κ2) is 11.6. The first-order valence-electron chi connectivity index (χ1n) is 11.1. The molecule has 2 N–H and O–H groups in total. The van der Waals surface area contributed by atoms with Gasteiger partial charge in [-0.25, -0.2) is 0 Å². The van der Waals surface area contributed by atoms with Crippen LogP contribution in [0, 0.1) is 6.92 Å². The van der Waals surface area contributed by atoms with Gasteiger partial charge in [0.25, 0.3) is 0 Å². The van der Waals surface area contributed by atoms with E-state index in [0.717, 1.165) is 43.7 Å². The predicted octanol–water partition coefficient (Wildman–Crippen LogP) is 3.77. The molecule has 3 rings (SSSR count). The van der Waals surface area contributed by atoms with Gasteiger partial charge in [0.05, 0.1) is 12.6 Å². The summed E-state index contributed by atoms with van der Waals surface area (Å²) in [5, 5.41) is 6.96. The Morgan fingerprint density at radius 2 is 1.86 bits per heavy atom. The van der Waals surface area contributed by atoms with Crippen molar-refractivity contribution < 1.29 is 4.42 Å². The number of rotatable bonds is 6. The van der Waals surface area contributed by atoms with Crippen molar-refractivity contribution in [1.82, 2.24) is 20.4 Å². The Morgan fingerprint density at radius 3 is 2.45 bits per heavy atom. The summed E-state index contributed by atoms with van der Waals surface area (Å²) in [7, 11) is 2.24. The minimum atomic E-state index is 0. The van der Waals surface area contributed by atoms with Gasteiger partial charge in [-0.15, -0.1) is 24.0 Å². The van der Waals surface area contributed by atoms with Crippen molar-refractivity contribution in [1.29, 1.82) is 0 Å². The largest absolute Gasteiger partial charge is 0.464 e. The fraction of sp³-hybridized carbons (Fsp3) is 0.773. The number of piperidine rings is 2. The van der Waals surface area contributed by atoms with Crippen molar-refractivity contribution in [2.75, 3.05) is 46.3 Å². The standard InChI is InChI=1S/C22H39N5O.HI/c1-5-23-21(25-19(3)20-10-9-18(2)28-20)24-17-22(11-15-26(4)16-12-22)27-13-7-6-8-14-27;/h9-10,19H,5-8,11-17H2,1-4H3,(H2,23,24,25);1H. The molecule has 3 heterocycles. The number of halogens is 1. The molecule has 1 aromatic heterocycles. The van der Waals surface area contributed by atoms with Crippen LogP contribution >= 0.6 is 24.0 Å². The van der Waals surface area contributed by atoms with Crippen molar-refractivity contribution in [3.63, 3.8) is 0 Å². The Morgan fingerprint density at radius 1 is 1.17 bits per heavy atom. The predicted molar refractivity (Wildman–Crippen MR) is 131 cm³/mol. The first-order valence-corrected chi connectivity index (χ1v) is 11.1. The molecule has 2 aliphatic rings. The first-order chi connectivity index (χ1) is 13.5. The average Bonchev–Trinajstić information content (AvgIpc) is 3.15. The highest BCUT2D eigenvalue weighted by Crippen LogP contribution is 2.31. The molecule has 0 aliphatic carbocycles. The molecule has 6 nitrogen and oxygen atoms in total. The summed E-state index contributed by atoms with van der Waals surface area (Å²) in [6.07, 6.45) is 6.45. The molecule has 0 radical (unpaired) electrons. The van der Waals surface area contributed by atoms with Gasteiger partial charge in [0.1, 0.15) is 11.5 Å². The van der Waals surface area contributed by atoms with Crippen LogP contribution < -0.4 is 10.6 Å². The van der Waals surface area contributed by atoms with Gasteiger partial charge in [-0.05, 0) is 91.8 Å². The first kappa shape index (κ1) is 24.5. The maximum absolute atomic E-state index is 5.79. The zero-order valence-electron chi connectivity index (χ0n) is 18.7. The number of hydrogen-bond donors (Lipinski definition) is 2. The lowest BCUT2D eigenvalue weighted by atomic mass is 9.84. The SMILES string of the molecule is CCNC(=NCC1(N2CCCCC2)CCN(C)CC1)NC(C)c1ccc(C)o1.I. The summed E-state index contributed by atoms with van der Waals surface area (Å²) in [5.41, 5.74) is 0.208. The monoisotopic (exact) mass is 517 g/mol. The van der Waals surface area contributed by atoms with Crippen molar-refractivity contribution in [3.05, 3.63) is 23.7 Å². The molecule has 29 heavy (non-hydrogen) atoms. The molecule has 0 saturated carbocycles. The molecule has 166 valence electrons. The third-order valence-corrected chi connectivity index (χ3v) is 6.36. The van der Waals surface area contributed by atoms with E-state index >= 15 is 0 Å². The van der Waals surface area contributed by atoms with Gasteiger partial charge in [0, 0.05) is 12.1 Å². The second-order valence-corrected chi connectivity index (χ2v) is 8.58. The number of aliphatic imine (C=N–C) groups is 1. The Labute approximate surface area is 193 Å². The lowest BCUT2D eigenvalue weighted by Crippen LogP contribution is -2.58.